The van der Waals surface area contributed by atoms with Crippen molar-refractivity contribution in [2.45, 2.75) is 5.16 Å². The monoisotopic (exact) mass is 349 g/mol. The normalized spacial score (nSPS) is 15.4. The summed E-state index contributed by atoms with van der Waals surface area (Å²) in [6, 6.07) is 0. The molecule has 3 heterocycles. The molecule has 2 aromatic heterocycles. The summed E-state index contributed by atoms with van der Waals surface area (Å²) in [7, 11) is 3.35. The predicted octanol–water partition coefficient (Wildman–Crippen LogP) is -0.612. The van der Waals surface area contributed by atoms with E-state index in [1.54, 1.807) is 18.7 Å². The number of aromatic nitrogens is 4. The zero-order valence-electron chi connectivity index (χ0n) is 13.7. The molecule has 3 rings (SSSR count). The van der Waals surface area contributed by atoms with Gasteiger partial charge >= 0.3 is 5.69 Å². The minimum atomic E-state index is -0.465. The molecule has 0 bridgehead atoms. The molecule has 0 amide bonds. The molecular formula is C15H19N5O3S. The van der Waals surface area contributed by atoms with Gasteiger partial charge in [-0.15, -0.1) is 0 Å². The molecule has 0 spiro atoms. The molecular weight excluding hydrogens is 330 g/mol. The lowest BCUT2D eigenvalue weighted by molar-refractivity contribution is 0.0443. The van der Waals surface area contributed by atoms with Crippen LogP contribution in [0.4, 0.5) is 0 Å². The fraction of sp³-hybridized carbons (Fsp3) is 0.533. The molecule has 1 aliphatic rings. The van der Waals surface area contributed by atoms with Crippen molar-refractivity contribution in [3.05, 3.63) is 20.8 Å². The summed E-state index contributed by atoms with van der Waals surface area (Å²) < 4.78 is 8.33. The maximum Gasteiger partial charge on any atom is 0.329 e. The Morgan fingerprint density at radius 1 is 1.21 bits per heavy atom. The Kier molecular flexibility index (Phi) is 5.08. The number of nitrogens with one attached hydrogen (secondary N) is 1. The molecule has 1 N–H and O–H groups in total. The van der Waals surface area contributed by atoms with Crippen LogP contribution in [0.1, 0.15) is 0 Å². The van der Waals surface area contributed by atoms with Crippen LogP contribution in [0, 0.1) is 11.8 Å². The Morgan fingerprint density at radius 2 is 1.96 bits per heavy atom. The smallest absolute Gasteiger partial charge is 0.329 e. The quantitative estimate of drug-likeness (QED) is 0.588. The summed E-state index contributed by atoms with van der Waals surface area (Å²) in [4.78, 5) is 32.5. The number of ether oxygens (including phenoxy) is 1. The highest BCUT2D eigenvalue weighted by molar-refractivity contribution is 7.99. The SMILES string of the molecule is Cn1c(SCC#CCN2CCOCC2)nc2c1c(=O)[nH]c(=O)n2C. The van der Waals surface area contributed by atoms with E-state index >= 15 is 0 Å². The lowest BCUT2D eigenvalue weighted by Gasteiger charge is -2.24. The van der Waals surface area contributed by atoms with E-state index in [0.717, 1.165) is 32.8 Å². The molecule has 2 aromatic rings. The summed E-state index contributed by atoms with van der Waals surface area (Å²) in [6.45, 7) is 4.11. The van der Waals surface area contributed by atoms with Gasteiger partial charge in [0.2, 0.25) is 0 Å². The van der Waals surface area contributed by atoms with Gasteiger partial charge in [0.1, 0.15) is 0 Å². The average molecular weight is 349 g/mol. The molecule has 0 aromatic carbocycles. The van der Waals surface area contributed by atoms with Crippen molar-refractivity contribution in [1.82, 2.24) is 24.0 Å². The third kappa shape index (κ3) is 3.40. The number of H-pyrrole nitrogens is 1. The Bertz CT molecular complexity index is 911. The van der Waals surface area contributed by atoms with Gasteiger partial charge < -0.3 is 9.30 Å². The van der Waals surface area contributed by atoms with Crippen molar-refractivity contribution in [2.75, 3.05) is 38.6 Å². The minimum absolute atomic E-state index is 0.384. The molecule has 1 aliphatic heterocycles. The van der Waals surface area contributed by atoms with Crippen LogP contribution in [-0.4, -0.2) is 62.6 Å². The van der Waals surface area contributed by atoms with E-state index in [-0.39, 0.29) is 0 Å². The van der Waals surface area contributed by atoms with E-state index in [2.05, 4.69) is 26.7 Å². The van der Waals surface area contributed by atoms with Gasteiger partial charge in [-0.25, -0.2) is 9.78 Å². The first-order chi connectivity index (χ1) is 11.6. The van der Waals surface area contributed by atoms with Crippen LogP contribution >= 0.6 is 11.8 Å². The summed E-state index contributed by atoms with van der Waals surface area (Å²) >= 11 is 1.45. The van der Waals surface area contributed by atoms with Gasteiger partial charge in [0, 0.05) is 27.2 Å². The fourth-order valence-corrected chi connectivity index (χ4v) is 3.24. The van der Waals surface area contributed by atoms with Crippen LogP contribution in [0.25, 0.3) is 11.2 Å². The maximum absolute atomic E-state index is 12.0. The van der Waals surface area contributed by atoms with Crippen molar-refractivity contribution in [3.63, 3.8) is 0 Å². The van der Waals surface area contributed by atoms with Gasteiger partial charge in [-0.1, -0.05) is 23.6 Å². The van der Waals surface area contributed by atoms with E-state index in [1.807, 2.05) is 0 Å². The van der Waals surface area contributed by atoms with Gasteiger partial charge in [-0.3, -0.25) is 19.2 Å². The van der Waals surface area contributed by atoms with Crippen LogP contribution in [0.3, 0.4) is 0 Å². The molecule has 0 aliphatic carbocycles. The highest BCUT2D eigenvalue weighted by Crippen LogP contribution is 2.19. The highest BCUT2D eigenvalue weighted by atomic mass is 32.2. The summed E-state index contributed by atoms with van der Waals surface area (Å²) in [5.41, 5.74) is -0.114. The first-order valence-corrected chi connectivity index (χ1v) is 8.61. The Labute approximate surface area is 142 Å². The molecule has 0 atom stereocenters. The first kappa shape index (κ1) is 16.8. The molecule has 128 valence electrons. The second kappa shape index (κ2) is 7.25. The second-order valence-electron chi connectivity index (χ2n) is 5.47. The molecule has 0 radical (unpaired) electrons. The van der Waals surface area contributed by atoms with Crippen LogP contribution in [0.2, 0.25) is 0 Å². The van der Waals surface area contributed by atoms with Crippen molar-refractivity contribution in [2.24, 2.45) is 14.1 Å². The second-order valence-corrected chi connectivity index (χ2v) is 6.42. The molecule has 9 heteroatoms. The van der Waals surface area contributed by atoms with Crippen LogP contribution < -0.4 is 11.2 Å². The highest BCUT2D eigenvalue weighted by Gasteiger charge is 2.14. The summed E-state index contributed by atoms with van der Waals surface area (Å²) in [5.74, 6) is 6.84. The lowest BCUT2D eigenvalue weighted by atomic mass is 10.4. The minimum Gasteiger partial charge on any atom is -0.379 e. The standard InChI is InChI=1S/C15H19N5O3S/c1-18-11-12(19(2)14(22)17-13(11)21)16-15(18)24-10-4-3-5-20-6-8-23-9-7-20/h5-10H2,1-2H3,(H,17,21,22). The molecule has 0 saturated carbocycles. The van der Waals surface area contributed by atoms with Gasteiger partial charge in [0.05, 0.1) is 25.5 Å². The van der Waals surface area contributed by atoms with Crippen LogP contribution in [0.15, 0.2) is 14.7 Å². The first-order valence-electron chi connectivity index (χ1n) is 7.62. The van der Waals surface area contributed by atoms with E-state index in [9.17, 15) is 9.59 Å². The average Bonchev–Trinajstić information content (AvgIpc) is 2.91. The third-order valence-corrected chi connectivity index (χ3v) is 4.81. The number of aromatic amines is 1. The topological polar surface area (TPSA) is 85.2 Å². The number of hydrogen-bond donors (Lipinski definition) is 1. The van der Waals surface area contributed by atoms with Crippen LogP contribution in [0.5, 0.6) is 0 Å². The van der Waals surface area contributed by atoms with Gasteiger partial charge in [0.15, 0.2) is 16.3 Å². The van der Waals surface area contributed by atoms with Crippen molar-refractivity contribution < 1.29 is 4.74 Å². The fourth-order valence-electron chi connectivity index (χ4n) is 2.50. The maximum atomic E-state index is 12.0. The van der Waals surface area contributed by atoms with Crippen molar-refractivity contribution in [1.29, 1.82) is 0 Å². The van der Waals surface area contributed by atoms with Crippen molar-refractivity contribution in [3.8, 4) is 11.8 Å². The zero-order chi connectivity index (χ0) is 17.1. The summed E-state index contributed by atoms with van der Waals surface area (Å²) in [5, 5.41) is 0.664. The number of imidazole rings is 1. The third-order valence-electron chi connectivity index (χ3n) is 3.90. The summed E-state index contributed by atoms with van der Waals surface area (Å²) in [6.07, 6.45) is 0. The number of rotatable bonds is 3. The lowest BCUT2D eigenvalue weighted by Crippen LogP contribution is -2.36. The van der Waals surface area contributed by atoms with Gasteiger partial charge in [-0.05, 0) is 0 Å². The van der Waals surface area contributed by atoms with Crippen molar-refractivity contribution >= 4 is 22.9 Å². The molecule has 1 saturated heterocycles. The predicted molar refractivity (Wildman–Crippen MR) is 92.3 cm³/mol. The molecule has 0 unspecified atom stereocenters. The Balaban J connectivity index is 1.69. The number of morpholine rings is 1. The Hall–Kier alpha value is -2.02. The number of thioether (sulfide) groups is 1. The number of nitrogens with zero attached hydrogens (tertiary/aromatic N) is 4. The van der Waals surface area contributed by atoms with E-state index in [1.165, 1.54) is 16.3 Å². The van der Waals surface area contributed by atoms with E-state index in [4.69, 9.17) is 4.74 Å². The number of hydrogen-bond acceptors (Lipinski definition) is 6. The van der Waals surface area contributed by atoms with Gasteiger partial charge in [-0.2, -0.15) is 0 Å². The van der Waals surface area contributed by atoms with E-state index < -0.39 is 11.2 Å². The number of fused-ring (bicyclic) bond motifs is 1. The largest absolute Gasteiger partial charge is 0.379 e. The van der Waals surface area contributed by atoms with Gasteiger partial charge in [0.25, 0.3) is 5.56 Å². The van der Waals surface area contributed by atoms with E-state index in [0.29, 0.717) is 22.1 Å². The number of aryl methyl sites for hydroxylation is 2. The zero-order valence-corrected chi connectivity index (χ0v) is 14.5. The molecule has 8 nitrogen and oxygen atoms in total. The Morgan fingerprint density at radius 3 is 2.71 bits per heavy atom. The van der Waals surface area contributed by atoms with Crippen LogP contribution in [-0.2, 0) is 18.8 Å². The molecule has 1 fully saturated rings. The molecule has 24 heavy (non-hydrogen) atoms.